The van der Waals surface area contributed by atoms with Crippen molar-refractivity contribution < 1.29 is 14.4 Å². The average molecular weight is 418 g/mol. The maximum Gasteiger partial charge on any atom is 0.324 e. The highest BCUT2D eigenvalue weighted by atomic mass is 35.5. The summed E-state index contributed by atoms with van der Waals surface area (Å²) in [7, 11) is 0. The number of imide groups is 1. The maximum absolute atomic E-state index is 12.8. The molecule has 0 spiro atoms. The fraction of sp³-hybridized carbons (Fsp3) is 0.250. The smallest absolute Gasteiger partial charge is 0.324 e. The number of hydrogen-bond acceptors (Lipinski definition) is 3. The first-order valence-corrected chi connectivity index (χ1v) is 9.64. The second-order valence-corrected chi connectivity index (χ2v) is 7.64. The van der Waals surface area contributed by atoms with E-state index in [1.54, 1.807) is 29.2 Å². The Hall–Kier alpha value is -2.57. The molecule has 2 fully saturated rings. The largest absolute Gasteiger partial charge is 0.336 e. The van der Waals surface area contributed by atoms with Crippen LogP contribution in [0.15, 0.2) is 42.5 Å². The molecule has 144 valence electrons. The lowest BCUT2D eigenvalue weighted by Crippen LogP contribution is -2.42. The Labute approximate surface area is 172 Å². The predicted octanol–water partition coefficient (Wildman–Crippen LogP) is 3.43. The zero-order valence-electron chi connectivity index (χ0n) is 14.8. The number of urea groups is 1. The molecule has 2 heterocycles. The Morgan fingerprint density at radius 1 is 1.00 bits per heavy atom. The molecular formula is C20H17Cl2N3O3. The van der Waals surface area contributed by atoms with Crippen molar-refractivity contribution in [2.75, 3.05) is 19.6 Å². The summed E-state index contributed by atoms with van der Waals surface area (Å²) >= 11 is 12.0. The Morgan fingerprint density at radius 2 is 1.71 bits per heavy atom. The number of halogens is 2. The topological polar surface area (TPSA) is 69.7 Å². The fourth-order valence-electron chi connectivity index (χ4n) is 3.60. The van der Waals surface area contributed by atoms with Gasteiger partial charge in [-0.1, -0.05) is 41.4 Å². The minimum Gasteiger partial charge on any atom is -0.336 e. The minimum absolute atomic E-state index is 0.0272. The quantitative estimate of drug-likeness (QED) is 0.777. The van der Waals surface area contributed by atoms with Crippen LogP contribution in [0.2, 0.25) is 10.0 Å². The van der Waals surface area contributed by atoms with Crippen LogP contribution in [0.25, 0.3) is 11.1 Å². The van der Waals surface area contributed by atoms with Crippen LogP contribution in [0.4, 0.5) is 4.79 Å². The highest BCUT2D eigenvalue weighted by Crippen LogP contribution is 2.29. The molecule has 0 aromatic heterocycles. The average Bonchev–Trinajstić information content (AvgIpc) is 3.30. The monoisotopic (exact) mass is 417 g/mol. The standard InChI is InChI=1S/C20H17Cl2N3O3/c21-16-6-5-14(9-17(16)22)12-1-3-13(4-2-12)19(27)24-8-7-15(11-24)25-18(26)10-23-20(25)28/h1-6,9,15H,7-8,10-11H2,(H,23,28). The number of hydrogen-bond donors (Lipinski definition) is 1. The number of carbonyl (C=O) groups is 3. The van der Waals surface area contributed by atoms with E-state index < -0.39 is 0 Å². The maximum atomic E-state index is 12.8. The molecule has 28 heavy (non-hydrogen) atoms. The molecule has 2 aromatic rings. The Morgan fingerprint density at radius 3 is 2.36 bits per heavy atom. The first-order valence-electron chi connectivity index (χ1n) is 8.88. The molecule has 0 radical (unpaired) electrons. The zero-order valence-corrected chi connectivity index (χ0v) is 16.3. The van der Waals surface area contributed by atoms with Crippen LogP contribution in [-0.4, -0.2) is 53.3 Å². The summed E-state index contributed by atoms with van der Waals surface area (Å²) < 4.78 is 0. The number of carbonyl (C=O) groups excluding carboxylic acids is 3. The lowest BCUT2D eigenvalue weighted by Gasteiger charge is -2.21. The molecule has 1 N–H and O–H groups in total. The second-order valence-electron chi connectivity index (χ2n) is 6.82. The second kappa shape index (κ2) is 7.45. The summed E-state index contributed by atoms with van der Waals surface area (Å²) in [6.45, 7) is 0.890. The van der Waals surface area contributed by atoms with Crippen LogP contribution in [0.1, 0.15) is 16.8 Å². The fourth-order valence-corrected chi connectivity index (χ4v) is 3.90. The Balaban J connectivity index is 1.46. The van der Waals surface area contributed by atoms with Gasteiger partial charge in [-0.2, -0.15) is 0 Å². The summed E-state index contributed by atoms with van der Waals surface area (Å²) in [4.78, 5) is 39.4. The van der Waals surface area contributed by atoms with Crippen molar-refractivity contribution >= 4 is 41.0 Å². The van der Waals surface area contributed by atoms with Crippen LogP contribution < -0.4 is 5.32 Å². The van der Waals surface area contributed by atoms with E-state index in [-0.39, 0.29) is 30.4 Å². The van der Waals surface area contributed by atoms with Crippen molar-refractivity contribution in [3.8, 4) is 11.1 Å². The van der Waals surface area contributed by atoms with Crippen molar-refractivity contribution in [1.29, 1.82) is 0 Å². The van der Waals surface area contributed by atoms with E-state index in [9.17, 15) is 14.4 Å². The van der Waals surface area contributed by atoms with Gasteiger partial charge in [0.15, 0.2) is 0 Å². The zero-order chi connectivity index (χ0) is 19.8. The first-order chi connectivity index (χ1) is 13.4. The summed E-state index contributed by atoms with van der Waals surface area (Å²) in [6, 6.07) is 12.0. The third-order valence-corrected chi connectivity index (χ3v) is 5.82. The highest BCUT2D eigenvalue weighted by molar-refractivity contribution is 6.42. The molecular weight excluding hydrogens is 401 g/mol. The number of rotatable bonds is 3. The van der Waals surface area contributed by atoms with Gasteiger partial charge in [0.2, 0.25) is 5.91 Å². The number of nitrogens with zero attached hydrogens (tertiary/aromatic N) is 2. The van der Waals surface area contributed by atoms with E-state index >= 15 is 0 Å². The third-order valence-electron chi connectivity index (χ3n) is 5.08. The van der Waals surface area contributed by atoms with E-state index in [1.165, 1.54) is 4.90 Å². The number of nitrogens with one attached hydrogen (secondary N) is 1. The molecule has 2 aliphatic rings. The minimum atomic E-state index is -0.379. The van der Waals surface area contributed by atoms with Gasteiger partial charge in [0, 0.05) is 18.7 Å². The molecule has 1 atom stereocenters. The predicted molar refractivity (Wildman–Crippen MR) is 106 cm³/mol. The SMILES string of the molecule is O=C(c1ccc(-c2ccc(Cl)c(Cl)c2)cc1)N1CCC(N2C(=O)CNC2=O)C1. The Bertz CT molecular complexity index is 946. The lowest BCUT2D eigenvalue weighted by atomic mass is 10.0. The Kier molecular flexibility index (Phi) is 5.00. The van der Waals surface area contributed by atoms with Crippen molar-refractivity contribution in [3.05, 3.63) is 58.1 Å². The van der Waals surface area contributed by atoms with Gasteiger partial charge in [-0.25, -0.2) is 4.79 Å². The molecule has 2 saturated heterocycles. The molecule has 8 heteroatoms. The summed E-state index contributed by atoms with van der Waals surface area (Å²) in [5.74, 6) is -0.356. The van der Waals surface area contributed by atoms with Crippen LogP contribution in [0.5, 0.6) is 0 Å². The molecule has 0 aliphatic carbocycles. The summed E-state index contributed by atoms with van der Waals surface area (Å²) in [5.41, 5.74) is 2.39. The van der Waals surface area contributed by atoms with E-state index in [0.717, 1.165) is 11.1 Å². The van der Waals surface area contributed by atoms with E-state index in [2.05, 4.69) is 5.32 Å². The molecule has 0 saturated carbocycles. The normalized spacial score (nSPS) is 19.3. The van der Waals surface area contributed by atoms with Crippen LogP contribution in [-0.2, 0) is 4.79 Å². The van der Waals surface area contributed by atoms with Crippen molar-refractivity contribution in [3.63, 3.8) is 0 Å². The van der Waals surface area contributed by atoms with Crippen LogP contribution in [0, 0.1) is 0 Å². The summed E-state index contributed by atoms with van der Waals surface area (Å²) in [6.07, 6.45) is 0.590. The first kappa shape index (κ1) is 18.8. The molecule has 2 aliphatic heterocycles. The van der Waals surface area contributed by atoms with Crippen molar-refractivity contribution in [2.24, 2.45) is 0 Å². The van der Waals surface area contributed by atoms with Gasteiger partial charge in [-0.05, 0) is 41.8 Å². The van der Waals surface area contributed by atoms with Gasteiger partial charge in [-0.15, -0.1) is 0 Å². The number of benzene rings is 2. The highest BCUT2D eigenvalue weighted by Gasteiger charge is 2.39. The van der Waals surface area contributed by atoms with Gasteiger partial charge >= 0.3 is 6.03 Å². The van der Waals surface area contributed by atoms with E-state index in [0.29, 0.717) is 35.1 Å². The molecule has 2 aromatic carbocycles. The van der Waals surface area contributed by atoms with Gasteiger partial charge in [0.25, 0.3) is 5.91 Å². The van der Waals surface area contributed by atoms with Gasteiger partial charge < -0.3 is 10.2 Å². The molecule has 1 unspecified atom stereocenters. The lowest BCUT2D eigenvalue weighted by molar-refractivity contribution is -0.126. The van der Waals surface area contributed by atoms with E-state index in [1.807, 2.05) is 18.2 Å². The molecule has 6 nitrogen and oxygen atoms in total. The molecule has 0 bridgehead atoms. The van der Waals surface area contributed by atoms with E-state index in [4.69, 9.17) is 23.2 Å². The molecule has 4 amide bonds. The van der Waals surface area contributed by atoms with Gasteiger partial charge in [0.1, 0.15) is 0 Å². The van der Waals surface area contributed by atoms with Gasteiger partial charge in [0.05, 0.1) is 22.6 Å². The van der Waals surface area contributed by atoms with Gasteiger partial charge in [-0.3, -0.25) is 14.5 Å². The van der Waals surface area contributed by atoms with Crippen LogP contribution >= 0.6 is 23.2 Å². The van der Waals surface area contributed by atoms with Crippen LogP contribution in [0.3, 0.4) is 0 Å². The molecule has 4 rings (SSSR count). The number of amides is 4. The summed E-state index contributed by atoms with van der Waals surface area (Å²) in [5, 5.41) is 3.48. The van der Waals surface area contributed by atoms with Crippen molar-refractivity contribution in [1.82, 2.24) is 15.1 Å². The number of likely N-dealkylation sites (tertiary alicyclic amines) is 1. The third kappa shape index (κ3) is 3.45. The van der Waals surface area contributed by atoms with Crippen molar-refractivity contribution in [2.45, 2.75) is 12.5 Å².